The fourth-order valence-corrected chi connectivity index (χ4v) is 2.12. The summed E-state index contributed by atoms with van der Waals surface area (Å²) in [5.41, 5.74) is -0.115. The number of hydrogen-bond acceptors (Lipinski definition) is 5. The summed E-state index contributed by atoms with van der Waals surface area (Å²) in [6.45, 7) is 6.07. The third-order valence-electron chi connectivity index (χ3n) is 2.51. The Morgan fingerprint density at radius 1 is 1.35 bits per heavy atom. The summed E-state index contributed by atoms with van der Waals surface area (Å²) in [6, 6.07) is 4.76. The first-order valence-electron chi connectivity index (χ1n) is 6.99. The van der Waals surface area contributed by atoms with E-state index in [9.17, 15) is 14.9 Å². The van der Waals surface area contributed by atoms with Crippen molar-refractivity contribution in [3.05, 3.63) is 44.9 Å². The molecule has 8 heteroatoms. The number of nitrogens with zero attached hydrogens (tertiary/aromatic N) is 1. The molecule has 23 heavy (non-hydrogen) atoms. The predicted octanol–water partition coefficient (Wildman–Crippen LogP) is 3.85. The molecule has 1 amide bonds. The molecule has 0 saturated heterocycles. The van der Waals surface area contributed by atoms with Gasteiger partial charge in [-0.15, -0.1) is 0 Å². The van der Waals surface area contributed by atoms with E-state index in [0.717, 1.165) is 0 Å². The second kappa shape index (κ2) is 8.52. The van der Waals surface area contributed by atoms with Gasteiger partial charge in [0.15, 0.2) is 0 Å². The van der Waals surface area contributed by atoms with Crippen LogP contribution in [0.3, 0.4) is 0 Å². The minimum Gasteiger partial charge on any atom is -0.444 e. The van der Waals surface area contributed by atoms with Gasteiger partial charge in [-0.25, -0.2) is 4.79 Å². The highest BCUT2D eigenvalue weighted by Crippen LogP contribution is 2.31. The fourth-order valence-electron chi connectivity index (χ4n) is 1.62. The van der Waals surface area contributed by atoms with Crippen LogP contribution in [0.5, 0.6) is 0 Å². The summed E-state index contributed by atoms with van der Waals surface area (Å²) in [6.07, 6.45) is 3.01. The van der Waals surface area contributed by atoms with Crippen molar-refractivity contribution >= 4 is 33.4 Å². The predicted molar refractivity (Wildman–Crippen MR) is 92.7 cm³/mol. The van der Waals surface area contributed by atoms with Gasteiger partial charge in [0.2, 0.25) is 0 Å². The number of para-hydroxylation sites is 1. The maximum absolute atomic E-state index is 11.4. The van der Waals surface area contributed by atoms with Crippen LogP contribution in [0.25, 0.3) is 0 Å². The van der Waals surface area contributed by atoms with E-state index in [0.29, 0.717) is 23.2 Å². The Bertz CT molecular complexity index is 597. The summed E-state index contributed by atoms with van der Waals surface area (Å²) in [5.74, 6) is 0. The summed E-state index contributed by atoms with van der Waals surface area (Å²) < 4.78 is 5.71. The molecule has 2 N–H and O–H groups in total. The van der Waals surface area contributed by atoms with Gasteiger partial charge in [0, 0.05) is 23.6 Å². The number of ether oxygens (including phenoxy) is 1. The maximum atomic E-state index is 11.4. The smallest absolute Gasteiger partial charge is 0.407 e. The number of nitro benzene ring substituents is 1. The zero-order chi connectivity index (χ0) is 17.5. The van der Waals surface area contributed by atoms with Gasteiger partial charge in [-0.2, -0.15) is 0 Å². The van der Waals surface area contributed by atoms with E-state index in [1.165, 1.54) is 6.07 Å². The van der Waals surface area contributed by atoms with Crippen molar-refractivity contribution in [2.75, 3.05) is 18.4 Å². The van der Waals surface area contributed by atoms with Gasteiger partial charge in [-0.1, -0.05) is 18.2 Å². The lowest BCUT2D eigenvalue weighted by atomic mass is 10.2. The van der Waals surface area contributed by atoms with Crippen LogP contribution in [-0.2, 0) is 4.74 Å². The summed E-state index contributed by atoms with van der Waals surface area (Å²) in [7, 11) is 0. The maximum Gasteiger partial charge on any atom is 0.407 e. The molecule has 0 fully saturated rings. The quantitative estimate of drug-likeness (QED) is 0.440. The molecule has 0 aliphatic rings. The van der Waals surface area contributed by atoms with E-state index in [2.05, 4.69) is 26.6 Å². The Balaban J connectivity index is 2.43. The summed E-state index contributed by atoms with van der Waals surface area (Å²) >= 11 is 3.28. The molecule has 0 saturated carbocycles. The number of nitro groups is 1. The van der Waals surface area contributed by atoms with Gasteiger partial charge >= 0.3 is 6.09 Å². The van der Waals surface area contributed by atoms with E-state index in [-0.39, 0.29) is 5.69 Å². The molecule has 0 aliphatic carbocycles. The Hall–Kier alpha value is -2.09. The highest BCUT2D eigenvalue weighted by atomic mass is 79.9. The van der Waals surface area contributed by atoms with Gasteiger partial charge in [0.25, 0.3) is 5.69 Å². The van der Waals surface area contributed by atoms with Gasteiger partial charge in [0.05, 0.1) is 4.92 Å². The van der Waals surface area contributed by atoms with Crippen LogP contribution in [-0.4, -0.2) is 29.7 Å². The van der Waals surface area contributed by atoms with Crippen LogP contribution < -0.4 is 10.6 Å². The normalized spacial score (nSPS) is 11.3. The second-order valence-corrected chi connectivity index (χ2v) is 6.48. The number of halogens is 1. The molecule has 1 rings (SSSR count). The van der Waals surface area contributed by atoms with Crippen molar-refractivity contribution < 1.29 is 14.5 Å². The fraction of sp³-hybridized carbons (Fsp3) is 0.400. The molecule has 0 bridgehead atoms. The van der Waals surface area contributed by atoms with Crippen molar-refractivity contribution in [3.63, 3.8) is 0 Å². The number of carbonyl (C=O) groups excluding carboxylic acids is 1. The SMILES string of the molecule is CC(C)(C)OC(=O)NCC=CCNc1c(Br)cccc1[N+](=O)[O-]. The van der Waals surface area contributed by atoms with Gasteiger partial charge in [0.1, 0.15) is 11.3 Å². The third-order valence-corrected chi connectivity index (χ3v) is 3.18. The Morgan fingerprint density at radius 3 is 2.61 bits per heavy atom. The number of anilines is 1. The lowest BCUT2D eigenvalue weighted by molar-refractivity contribution is -0.384. The number of nitrogens with one attached hydrogen (secondary N) is 2. The van der Waals surface area contributed by atoms with E-state index >= 15 is 0 Å². The molecule has 0 spiro atoms. The number of amides is 1. The van der Waals surface area contributed by atoms with E-state index in [4.69, 9.17) is 4.74 Å². The van der Waals surface area contributed by atoms with Crippen LogP contribution >= 0.6 is 15.9 Å². The van der Waals surface area contributed by atoms with Crippen molar-refractivity contribution in [2.24, 2.45) is 0 Å². The van der Waals surface area contributed by atoms with Crippen LogP contribution in [0, 0.1) is 10.1 Å². The zero-order valence-electron chi connectivity index (χ0n) is 13.3. The van der Waals surface area contributed by atoms with E-state index in [1.54, 1.807) is 45.1 Å². The molecule has 0 heterocycles. The number of carbonyl (C=O) groups is 1. The number of rotatable bonds is 6. The average Bonchev–Trinajstić information content (AvgIpc) is 2.41. The van der Waals surface area contributed by atoms with Crippen molar-refractivity contribution in [3.8, 4) is 0 Å². The number of hydrogen-bond donors (Lipinski definition) is 2. The summed E-state index contributed by atoms with van der Waals surface area (Å²) in [5, 5.41) is 16.5. The van der Waals surface area contributed by atoms with Crippen LogP contribution in [0.1, 0.15) is 20.8 Å². The molecular weight excluding hydrogens is 366 g/mol. The molecule has 0 radical (unpaired) electrons. The molecular formula is C15H20BrN3O4. The lowest BCUT2D eigenvalue weighted by Crippen LogP contribution is -2.32. The molecule has 0 unspecified atom stereocenters. The molecule has 1 aromatic carbocycles. The second-order valence-electron chi connectivity index (χ2n) is 5.63. The van der Waals surface area contributed by atoms with Crippen LogP contribution in [0.15, 0.2) is 34.8 Å². The van der Waals surface area contributed by atoms with Crippen LogP contribution in [0.2, 0.25) is 0 Å². The van der Waals surface area contributed by atoms with Gasteiger partial charge in [-0.3, -0.25) is 10.1 Å². The highest BCUT2D eigenvalue weighted by molar-refractivity contribution is 9.10. The summed E-state index contributed by atoms with van der Waals surface area (Å²) in [4.78, 5) is 21.9. The largest absolute Gasteiger partial charge is 0.444 e. The first-order valence-corrected chi connectivity index (χ1v) is 7.78. The Morgan fingerprint density at radius 2 is 2.00 bits per heavy atom. The minimum absolute atomic E-state index is 0.000319. The molecule has 7 nitrogen and oxygen atoms in total. The molecule has 0 aliphatic heterocycles. The van der Waals surface area contributed by atoms with Crippen LogP contribution in [0.4, 0.5) is 16.2 Å². The third kappa shape index (κ3) is 7.14. The van der Waals surface area contributed by atoms with Gasteiger partial charge < -0.3 is 15.4 Å². The van der Waals surface area contributed by atoms with Crippen molar-refractivity contribution in [1.82, 2.24) is 5.32 Å². The number of benzene rings is 1. The lowest BCUT2D eigenvalue weighted by Gasteiger charge is -2.19. The standard InChI is InChI=1S/C15H20BrN3O4/c1-15(2,3)23-14(20)18-10-5-4-9-17-13-11(16)7-6-8-12(13)19(21)22/h4-8,17H,9-10H2,1-3H3,(H,18,20). The molecule has 0 atom stereocenters. The monoisotopic (exact) mass is 385 g/mol. The highest BCUT2D eigenvalue weighted by Gasteiger charge is 2.16. The van der Waals surface area contributed by atoms with Crippen molar-refractivity contribution in [2.45, 2.75) is 26.4 Å². The van der Waals surface area contributed by atoms with E-state index < -0.39 is 16.6 Å². The Labute approximate surface area is 143 Å². The Kier molecular flexibility index (Phi) is 7.02. The topological polar surface area (TPSA) is 93.5 Å². The minimum atomic E-state index is -0.534. The molecule has 0 aromatic heterocycles. The van der Waals surface area contributed by atoms with Crippen molar-refractivity contribution in [1.29, 1.82) is 0 Å². The molecule has 1 aromatic rings. The number of alkyl carbamates (subject to hydrolysis) is 1. The first kappa shape index (κ1) is 19.0. The van der Waals surface area contributed by atoms with E-state index in [1.807, 2.05) is 0 Å². The van der Waals surface area contributed by atoms with Gasteiger partial charge in [-0.05, 0) is 42.8 Å². The zero-order valence-corrected chi connectivity index (χ0v) is 14.8. The first-order chi connectivity index (χ1) is 10.7. The average molecular weight is 386 g/mol. The molecule has 126 valence electrons.